The molecule has 1 aliphatic heterocycles. The van der Waals surface area contributed by atoms with Gasteiger partial charge < -0.3 is 4.90 Å². The number of para-hydroxylation sites is 1. The van der Waals surface area contributed by atoms with E-state index in [0.29, 0.717) is 0 Å². The van der Waals surface area contributed by atoms with Crippen LogP contribution in [0.4, 0.5) is 5.69 Å². The Bertz CT molecular complexity index is 534. The van der Waals surface area contributed by atoms with E-state index in [4.69, 9.17) is 0 Å². The summed E-state index contributed by atoms with van der Waals surface area (Å²) < 4.78 is 0. The average Bonchev–Trinajstić information content (AvgIpc) is 2.81. The second-order valence-corrected chi connectivity index (χ2v) is 4.92. The summed E-state index contributed by atoms with van der Waals surface area (Å²) in [6, 6.07) is 18.9. The van der Waals surface area contributed by atoms with Crippen molar-refractivity contribution >= 4 is 23.5 Å². The van der Waals surface area contributed by atoms with E-state index < -0.39 is 0 Å². The first-order chi connectivity index (χ1) is 8.43. The lowest BCUT2D eigenvalue weighted by Gasteiger charge is -2.12. The van der Waals surface area contributed by atoms with Crippen LogP contribution in [0.25, 0.3) is 6.08 Å². The van der Waals surface area contributed by atoms with E-state index in [-0.39, 0.29) is 0 Å². The van der Waals surface area contributed by atoms with Crippen LogP contribution in [0.5, 0.6) is 0 Å². The van der Waals surface area contributed by atoms with Crippen molar-refractivity contribution in [3.05, 3.63) is 66.4 Å². The summed E-state index contributed by atoms with van der Waals surface area (Å²) in [5.74, 6) is 1.00. The van der Waals surface area contributed by atoms with Gasteiger partial charge in [0.15, 0.2) is 0 Å². The highest BCUT2D eigenvalue weighted by atomic mass is 32.2. The Morgan fingerprint density at radius 2 is 1.71 bits per heavy atom. The zero-order valence-corrected chi connectivity index (χ0v) is 10.2. The highest BCUT2D eigenvalue weighted by Crippen LogP contribution is 2.38. The maximum atomic E-state index is 2.28. The minimum absolute atomic E-state index is 1.00. The average molecular weight is 239 g/mol. The van der Waals surface area contributed by atoms with Gasteiger partial charge in [0.1, 0.15) is 0 Å². The van der Waals surface area contributed by atoms with Crippen molar-refractivity contribution in [3.8, 4) is 0 Å². The number of rotatable bonds is 2. The molecular formula is C15H13NS. The lowest BCUT2D eigenvalue weighted by molar-refractivity contribution is 1.18. The van der Waals surface area contributed by atoms with E-state index in [0.717, 1.165) is 5.88 Å². The summed E-state index contributed by atoms with van der Waals surface area (Å²) in [4.78, 5) is 3.65. The molecule has 0 spiro atoms. The zero-order chi connectivity index (χ0) is 11.5. The first kappa shape index (κ1) is 10.5. The quantitative estimate of drug-likeness (QED) is 0.771. The molecular weight excluding hydrogens is 226 g/mol. The Hall–Kier alpha value is -1.67. The van der Waals surface area contributed by atoms with Crippen molar-refractivity contribution in [2.24, 2.45) is 0 Å². The van der Waals surface area contributed by atoms with Crippen LogP contribution < -0.4 is 4.90 Å². The normalized spacial score (nSPS) is 14.2. The van der Waals surface area contributed by atoms with Crippen LogP contribution in [0.3, 0.4) is 0 Å². The number of benzene rings is 2. The van der Waals surface area contributed by atoms with E-state index >= 15 is 0 Å². The third-order valence-electron chi connectivity index (χ3n) is 2.78. The maximum Gasteiger partial charge on any atom is 0.0730 e. The second kappa shape index (κ2) is 4.68. The molecule has 0 saturated carbocycles. The molecule has 1 aliphatic rings. The summed E-state index contributed by atoms with van der Waals surface area (Å²) in [6.07, 6.45) is 4.32. The van der Waals surface area contributed by atoms with Gasteiger partial charge >= 0.3 is 0 Å². The third-order valence-corrected chi connectivity index (χ3v) is 3.84. The first-order valence-corrected chi connectivity index (χ1v) is 6.64. The number of hydrogen-bond donors (Lipinski definition) is 0. The Labute approximate surface area is 106 Å². The summed E-state index contributed by atoms with van der Waals surface area (Å²) >= 11 is 1.89. The SMILES string of the molecule is C(=CN1CSc2ccccc21)c1ccccc1. The highest BCUT2D eigenvalue weighted by Gasteiger charge is 2.16. The lowest BCUT2D eigenvalue weighted by Crippen LogP contribution is -2.09. The van der Waals surface area contributed by atoms with Crippen LogP contribution >= 0.6 is 11.8 Å². The molecule has 0 radical (unpaired) electrons. The van der Waals surface area contributed by atoms with Crippen molar-refractivity contribution in [2.75, 3.05) is 10.8 Å². The fraction of sp³-hybridized carbons (Fsp3) is 0.0667. The Kier molecular flexibility index (Phi) is 2.88. The zero-order valence-electron chi connectivity index (χ0n) is 9.41. The molecule has 0 fully saturated rings. The molecule has 0 bridgehead atoms. The summed E-state index contributed by atoms with van der Waals surface area (Å²) in [6.45, 7) is 0. The molecule has 0 amide bonds. The maximum absolute atomic E-state index is 2.28. The minimum Gasteiger partial charge on any atom is -0.337 e. The summed E-state index contributed by atoms with van der Waals surface area (Å²) in [7, 11) is 0. The predicted molar refractivity (Wildman–Crippen MR) is 75.1 cm³/mol. The Morgan fingerprint density at radius 1 is 0.941 bits per heavy atom. The smallest absolute Gasteiger partial charge is 0.0730 e. The van der Waals surface area contributed by atoms with Gasteiger partial charge in [-0.2, -0.15) is 0 Å². The number of anilines is 1. The van der Waals surface area contributed by atoms with E-state index in [1.807, 2.05) is 17.8 Å². The second-order valence-electron chi connectivity index (χ2n) is 3.94. The number of nitrogens with zero attached hydrogens (tertiary/aromatic N) is 1. The topological polar surface area (TPSA) is 3.24 Å². The molecule has 84 valence electrons. The fourth-order valence-electron chi connectivity index (χ4n) is 1.89. The molecule has 0 aliphatic carbocycles. The number of hydrogen-bond acceptors (Lipinski definition) is 2. The summed E-state index contributed by atoms with van der Waals surface area (Å²) in [5.41, 5.74) is 2.55. The van der Waals surface area contributed by atoms with Gasteiger partial charge in [0, 0.05) is 11.1 Å². The van der Waals surface area contributed by atoms with Gasteiger partial charge in [0.2, 0.25) is 0 Å². The molecule has 0 unspecified atom stereocenters. The molecule has 0 N–H and O–H groups in total. The lowest BCUT2D eigenvalue weighted by atomic mass is 10.2. The molecule has 17 heavy (non-hydrogen) atoms. The van der Waals surface area contributed by atoms with Crippen molar-refractivity contribution in [2.45, 2.75) is 4.90 Å². The van der Waals surface area contributed by atoms with Crippen molar-refractivity contribution in [1.29, 1.82) is 0 Å². The van der Waals surface area contributed by atoms with E-state index in [9.17, 15) is 0 Å². The largest absolute Gasteiger partial charge is 0.337 e. The first-order valence-electron chi connectivity index (χ1n) is 5.65. The van der Waals surface area contributed by atoms with Crippen molar-refractivity contribution < 1.29 is 0 Å². The van der Waals surface area contributed by atoms with Crippen LogP contribution in [-0.2, 0) is 0 Å². The highest BCUT2D eigenvalue weighted by molar-refractivity contribution is 7.99. The van der Waals surface area contributed by atoms with Gasteiger partial charge in [-0.05, 0) is 23.8 Å². The fourth-order valence-corrected chi connectivity index (χ4v) is 2.90. The number of fused-ring (bicyclic) bond motifs is 1. The van der Waals surface area contributed by atoms with Gasteiger partial charge in [0.05, 0.1) is 11.6 Å². The van der Waals surface area contributed by atoms with E-state index in [1.54, 1.807) is 0 Å². The summed E-state index contributed by atoms with van der Waals surface area (Å²) in [5, 5.41) is 0. The van der Waals surface area contributed by atoms with Crippen LogP contribution in [0.15, 0.2) is 65.7 Å². The molecule has 0 atom stereocenters. The molecule has 2 heteroatoms. The van der Waals surface area contributed by atoms with Gasteiger partial charge in [-0.3, -0.25) is 0 Å². The van der Waals surface area contributed by atoms with Gasteiger partial charge in [0.25, 0.3) is 0 Å². The Morgan fingerprint density at radius 3 is 2.59 bits per heavy atom. The predicted octanol–water partition coefficient (Wildman–Crippen LogP) is 4.23. The van der Waals surface area contributed by atoms with Crippen LogP contribution in [0.1, 0.15) is 5.56 Å². The third kappa shape index (κ3) is 2.22. The molecule has 1 heterocycles. The van der Waals surface area contributed by atoms with E-state index in [2.05, 4.69) is 65.7 Å². The Balaban J connectivity index is 1.82. The van der Waals surface area contributed by atoms with Crippen molar-refractivity contribution in [1.82, 2.24) is 0 Å². The van der Waals surface area contributed by atoms with Gasteiger partial charge in [-0.25, -0.2) is 0 Å². The molecule has 2 aromatic carbocycles. The van der Waals surface area contributed by atoms with Crippen LogP contribution in [0, 0.1) is 0 Å². The number of thioether (sulfide) groups is 1. The molecule has 3 rings (SSSR count). The molecule has 0 aromatic heterocycles. The minimum atomic E-state index is 1.00. The molecule has 0 saturated heterocycles. The monoisotopic (exact) mass is 239 g/mol. The molecule has 1 nitrogen and oxygen atoms in total. The standard InChI is InChI=1S/C15H13NS/c1-2-6-13(7-3-1)10-11-16-12-17-15-9-5-4-8-14(15)16/h1-11H,12H2. The van der Waals surface area contributed by atoms with E-state index in [1.165, 1.54) is 16.1 Å². The van der Waals surface area contributed by atoms with Crippen molar-refractivity contribution in [3.63, 3.8) is 0 Å². The van der Waals surface area contributed by atoms with Gasteiger partial charge in [-0.1, -0.05) is 42.5 Å². The van der Waals surface area contributed by atoms with Crippen LogP contribution in [-0.4, -0.2) is 5.88 Å². The molecule has 2 aromatic rings. The van der Waals surface area contributed by atoms with Crippen LogP contribution in [0.2, 0.25) is 0 Å². The van der Waals surface area contributed by atoms with Gasteiger partial charge in [-0.15, -0.1) is 11.8 Å².